The summed E-state index contributed by atoms with van der Waals surface area (Å²) in [5, 5.41) is 7.11. The van der Waals surface area contributed by atoms with E-state index in [1.165, 1.54) is 77.7 Å². The summed E-state index contributed by atoms with van der Waals surface area (Å²) in [5.41, 5.74) is 1.48. The molecule has 6 rings (SSSR count). The molecule has 0 aromatic heterocycles. The van der Waals surface area contributed by atoms with Crippen LogP contribution in [0, 0.1) is 0 Å². The maximum atomic E-state index is 2.79. The van der Waals surface area contributed by atoms with Crippen LogP contribution in [0.4, 0.5) is 5.69 Å². The summed E-state index contributed by atoms with van der Waals surface area (Å²) in [7, 11) is -0.646. The van der Waals surface area contributed by atoms with E-state index in [0.717, 1.165) is 6.54 Å². The zero-order chi connectivity index (χ0) is 22.7. The van der Waals surface area contributed by atoms with E-state index in [2.05, 4.69) is 107 Å². The van der Waals surface area contributed by atoms with Crippen molar-refractivity contribution in [3.8, 4) is 0 Å². The smallest absolute Gasteiger partial charge is 0.0533 e. The molecule has 0 saturated carbocycles. The molecule has 2 aliphatic heterocycles. The van der Waals surface area contributed by atoms with Gasteiger partial charge in [-0.15, -0.1) is 0 Å². The van der Waals surface area contributed by atoms with Crippen molar-refractivity contribution in [2.45, 2.75) is 31.7 Å². The summed E-state index contributed by atoms with van der Waals surface area (Å²) < 4.78 is 0. The van der Waals surface area contributed by atoms with Crippen molar-refractivity contribution < 1.29 is 0 Å². The number of anilines is 1. The molecule has 3 heteroatoms. The highest BCUT2D eigenvalue weighted by Gasteiger charge is 2.32. The third-order valence-electron chi connectivity index (χ3n) is 7.48. The fraction of sp³-hybridized carbons (Fsp3) is 0.290. The zero-order valence-corrected chi connectivity index (χ0v) is 20.7. The van der Waals surface area contributed by atoms with E-state index in [1.807, 2.05) is 0 Å². The highest BCUT2D eigenvalue weighted by atomic mass is 31.1. The van der Waals surface area contributed by atoms with Gasteiger partial charge in [0.2, 0.25) is 0 Å². The van der Waals surface area contributed by atoms with Gasteiger partial charge in [0.25, 0.3) is 0 Å². The van der Waals surface area contributed by atoms with Crippen molar-refractivity contribution >= 4 is 40.3 Å². The van der Waals surface area contributed by atoms with Gasteiger partial charge in [-0.3, -0.25) is 0 Å². The molecule has 4 aromatic rings. The van der Waals surface area contributed by atoms with E-state index in [9.17, 15) is 0 Å². The Bertz CT molecular complexity index is 1190. The molecule has 2 fully saturated rings. The Hall–Kier alpha value is -2.67. The molecule has 172 valence electrons. The first kappa shape index (κ1) is 21.8. The van der Waals surface area contributed by atoms with Gasteiger partial charge in [-0.25, -0.2) is 0 Å². The van der Waals surface area contributed by atoms with Crippen molar-refractivity contribution in [2.24, 2.45) is 0 Å². The first-order valence-electron chi connectivity index (χ1n) is 12.8. The van der Waals surface area contributed by atoms with Crippen molar-refractivity contribution in [1.29, 1.82) is 0 Å². The van der Waals surface area contributed by atoms with Crippen LogP contribution in [0.5, 0.6) is 0 Å². The molecule has 34 heavy (non-hydrogen) atoms. The molecular formula is C31H33N2P. The Balaban J connectivity index is 1.52. The highest BCUT2D eigenvalue weighted by molar-refractivity contribution is 7.80. The van der Waals surface area contributed by atoms with E-state index in [4.69, 9.17) is 0 Å². The molecule has 2 saturated heterocycles. The lowest BCUT2D eigenvalue weighted by Gasteiger charge is -2.34. The fourth-order valence-corrected chi connectivity index (χ4v) is 8.37. The Morgan fingerprint density at radius 2 is 1.29 bits per heavy atom. The summed E-state index contributed by atoms with van der Waals surface area (Å²) in [6.07, 6.45) is 5.31. The van der Waals surface area contributed by atoms with Crippen molar-refractivity contribution in [2.75, 3.05) is 31.1 Å². The van der Waals surface area contributed by atoms with Crippen LogP contribution in [-0.2, 0) is 0 Å². The fourth-order valence-electron chi connectivity index (χ4n) is 5.89. The van der Waals surface area contributed by atoms with Gasteiger partial charge in [0.05, 0.1) is 5.69 Å². The maximum Gasteiger partial charge on any atom is 0.0533 e. The van der Waals surface area contributed by atoms with Crippen LogP contribution in [0.25, 0.3) is 10.8 Å². The third kappa shape index (κ3) is 4.26. The Morgan fingerprint density at radius 1 is 0.647 bits per heavy atom. The molecule has 0 bridgehead atoms. The van der Waals surface area contributed by atoms with Crippen LogP contribution in [0.3, 0.4) is 0 Å². The van der Waals surface area contributed by atoms with Crippen LogP contribution in [0.15, 0.2) is 97.1 Å². The van der Waals surface area contributed by atoms with Crippen LogP contribution in [0.1, 0.15) is 25.7 Å². The molecular weight excluding hydrogens is 431 g/mol. The second-order valence-electron chi connectivity index (χ2n) is 9.66. The average molecular weight is 465 g/mol. The van der Waals surface area contributed by atoms with Gasteiger partial charge in [0.1, 0.15) is 0 Å². The first-order valence-corrected chi connectivity index (χ1v) is 14.1. The summed E-state index contributed by atoms with van der Waals surface area (Å²) in [5.74, 6) is 0. The van der Waals surface area contributed by atoms with Gasteiger partial charge in [0.15, 0.2) is 0 Å². The molecule has 2 heterocycles. The lowest BCUT2D eigenvalue weighted by molar-refractivity contribution is 0.314. The SMILES string of the molecule is c1ccc(P(c2ccccc2)c2ccc3ccccc3c2N2CCC[C@H]2CN2CCCC2)cc1. The Morgan fingerprint density at radius 3 is 2.00 bits per heavy atom. The minimum absolute atomic E-state index is 0.603. The Kier molecular flexibility index (Phi) is 6.36. The van der Waals surface area contributed by atoms with Gasteiger partial charge in [0, 0.05) is 29.8 Å². The number of hydrogen-bond donors (Lipinski definition) is 0. The highest BCUT2D eigenvalue weighted by Crippen LogP contribution is 2.41. The summed E-state index contributed by atoms with van der Waals surface area (Å²) in [6, 6.07) is 36.8. The van der Waals surface area contributed by atoms with Crippen molar-refractivity contribution in [3.05, 3.63) is 97.1 Å². The number of fused-ring (bicyclic) bond motifs is 1. The molecule has 2 nitrogen and oxygen atoms in total. The zero-order valence-electron chi connectivity index (χ0n) is 19.8. The Labute approximate surface area is 205 Å². The molecule has 0 N–H and O–H groups in total. The summed E-state index contributed by atoms with van der Waals surface area (Å²) in [6.45, 7) is 4.91. The molecule has 2 aliphatic rings. The molecule has 0 spiro atoms. The van der Waals surface area contributed by atoms with Gasteiger partial charge in [-0.05, 0) is 62.7 Å². The number of rotatable bonds is 6. The predicted molar refractivity (Wildman–Crippen MR) is 149 cm³/mol. The monoisotopic (exact) mass is 464 g/mol. The standard InChI is InChI=1S/C31H33N2P/c1-3-14-27(15-4-1)34(28-16-5-2-6-17-28)30-20-19-25-12-7-8-18-29(25)31(30)33-23-11-13-26(33)24-32-21-9-10-22-32/h1-8,12,14-20,26H,9-11,13,21-24H2/t26-/m0/s1. The van der Waals surface area contributed by atoms with E-state index in [-0.39, 0.29) is 0 Å². The molecule has 0 radical (unpaired) electrons. The third-order valence-corrected chi connectivity index (χ3v) is 9.95. The number of benzene rings is 4. The van der Waals surface area contributed by atoms with Gasteiger partial charge >= 0.3 is 0 Å². The number of hydrogen-bond acceptors (Lipinski definition) is 2. The van der Waals surface area contributed by atoms with E-state index in [1.54, 1.807) is 0 Å². The minimum atomic E-state index is -0.646. The van der Waals surface area contributed by atoms with Crippen LogP contribution >= 0.6 is 7.92 Å². The van der Waals surface area contributed by atoms with Gasteiger partial charge in [-0.2, -0.15) is 0 Å². The average Bonchev–Trinajstić information content (AvgIpc) is 3.58. The minimum Gasteiger partial charge on any atom is -0.366 e. The van der Waals surface area contributed by atoms with Gasteiger partial charge < -0.3 is 9.80 Å². The second-order valence-corrected chi connectivity index (χ2v) is 11.8. The predicted octanol–water partition coefficient (Wildman–Crippen LogP) is 5.66. The van der Waals surface area contributed by atoms with Gasteiger partial charge in [-0.1, -0.05) is 97.1 Å². The molecule has 0 amide bonds. The molecule has 0 aliphatic carbocycles. The summed E-state index contributed by atoms with van der Waals surface area (Å²) in [4.78, 5) is 5.49. The maximum absolute atomic E-state index is 2.79. The molecule has 0 unspecified atom stereocenters. The largest absolute Gasteiger partial charge is 0.366 e. The van der Waals surface area contributed by atoms with E-state index in [0.29, 0.717) is 6.04 Å². The quantitative estimate of drug-likeness (QED) is 0.340. The normalized spacial score (nSPS) is 18.9. The lowest BCUT2D eigenvalue weighted by Crippen LogP contribution is -2.41. The van der Waals surface area contributed by atoms with Crippen LogP contribution in [-0.4, -0.2) is 37.1 Å². The van der Waals surface area contributed by atoms with Crippen LogP contribution < -0.4 is 20.8 Å². The van der Waals surface area contributed by atoms with E-state index >= 15 is 0 Å². The number of likely N-dealkylation sites (tertiary alicyclic amines) is 1. The summed E-state index contributed by atoms with van der Waals surface area (Å²) >= 11 is 0. The number of nitrogens with zero attached hydrogens (tertiary/aromatic N) is 2. The second kappa shape index (κ2) is 9.90. The lowest BCUT2D eigenvalue weighted by atomic mass is 10.1. The molecule has 4 aromatic carbocycles. The van der Waals surface area contributed by atoms with Crippen molar-refractivity contribution in [1.82, 2.24) is 4.90 Å². The first-order chi connectivity index (χ1) is 16.9. The van der Waals surface area contributed by atoms with Crippen molar-refractivity contribution in [3.63, 3.8) is 0 Å². The topological polar surface area (TPSA) is 6.48 Å². The van der Waals surface area contributed by atoms with Crippen LogP contribution in [0.2, 0.25) is 0 Å². The molecule has 1 atom stereocenters. The van der Waals surface area contributed by atoms with E-state index < -0.39 is 7.92 Å².